The maximum Gasteiger partial charge on any atom is 0.0429 e. The van der Waals surface area contributed by atoms with E-state index in [-0.39, 0.29) is 0 Å². The second kappa shape index (κ2) is 5.72. The fourth-order valence-electron chi connectivity index (χ4n) is 3.07. The molecule has 3 rings (SSSR count). The lowest BCUT2D eigenvalue weighted by Gasteiger charge is -2.28. The number of rotatable bonds is 5. The molecule has 1 saturated heterocycles. The first-order valence-corrected chi connectivity index (χ1v) is 7.94. The standard InChI is InChI=1S/C16H23ClN2/c1-2-15-4-3-9-19(15)16-10-13(17)6-5-12(16)11-18-14-7-8-14/h5-6,10,14-15,18H,2-4,7-9,11H2,1H3. The maximum absolute atomic E-state index is 6.21. The first kappa shape index (κ1) is 13.3. The molecule has 1 aliphatic carbocycles. The average Bonchev–Trinajstić information content (AvgIpc) is 3.12. The summed E-state index contributed by atoms with van der Waals surface area (Å²) in [6, 6.07) is 7.81. The Kier molecular flexibility index (Phi) is 3.99. The lowest BCUT2D eigenvalue weighted by molar-refractivity contribution is 0.637. The number of hydrogen-bond acceptors (Lipinski definition) is 2. The van der Waals surface area contributed by atoms with Crippen LogP contribution in [-0.4, -0.2) is 18.6 Å². The van der Waals surface area contributed by atoms with Crippen molar-refractivity contribution in [2.24, 2.45) is 0 Å². The largest absolute Gasteiger partial charge is 0.368 e. The SMILES string of the molecule is CCC1CCCN1c1cc(Cl)ccc1CNC1CC1. The lowest BCUT2D eigenvalue weighted by Crippen LogP contribution is -2.30. The number of hydrogen-bond donors (Lipinski definition) is 1. The van der Waals surface area contributed by atoms with Gasteiger partial charge in [-0.2, -0.15) is 0 Å². The third-order valence-electron chi connectivity index (χ3n) is 4.36. The first-order valence-electron chi connectivity index (χ1n) is 7.56. The number of anilines is 1. The molecule has 19 heavy (non-hydrogen) atoms. The highest BCUT2D eigenvalue weighted by atomic mass is 35.5. The zero-order valence-electron chi connectivity index (χ0n) is 11.7. The van der Waals surface area contributed by atoms with Crippen molar-refractivity contribution >= 4 is 17.3 Å². The molecule has 3 heteroatoms. The predicted octanol–water partition coefficient (Wildman–Crippen LogP) is 3.97. The fraction of sp³-hybridized carbons (Fsp3) is 0.625. The van der Waals surface area contributed by atoms with Gasteiger partial charge in [0.15, 0.2) is 0 Å². The van der Waals surface area contributed by atoms with Gasteiger partial charge in [0.05, 0.1) is 0 Å². The van der Waals surface area contributed by atoms with Crippen LogP contribution in [0.1, 0.15) is 44.6 Å². The van der Waals surface area contributed by atoms with E-state index in [1.165, 1.54) is 49.9 Å². The molecule has 1 aromatic carbocycles. The Balaban J connectivity index is 1.81. The molecule has 2 fully saturated rings. The van der Waals surface area contributed by atoms with Crippen molar-refractivity contribution in [2.75, 3.05) is 11.4 Å². The monoisotopic (exact) mass is 278 g/mol. The van der Waals surface area contributed by atoms with Crippen LogP contribution in [0.15, 0.2) is 18.2 Å². The third kappa shape index (κ3) is 3.06. The highest BCUT2D eigenvalue weighted by Crippen LogP contribution is 2.32. The summed E-state index contributed by atoms with van der Waals surface area (Å²) in [5.74, 6) is 0. The van der Waals surface area contributed by atoms with Crippen molar-refractivity contribution in [3.8, 4) is 0 Å². The van der Waals surface area contributed by atoms with Crippen molar-refractivity contribution in [1.82, 2.24) is 5.32 Å². The zero-order valence-corrected chi connectivity index (χ0v) is 12.4. The molecule has 0 spiro atoms. The van der Waals surface area contributed by atoms with Crippen LogP contribution in [0.2, 0.25) is 5.02 Å². The quantitative estimate of drug-likeness (QED) is 0.877. The van der Waals surface area contributed by atoms with E-state index in [0.717, 1.165) is 17.6 Å². The molecule has 1 N–H and O–H groups in total. The van der Waals surface area contributed by atoms with Gasteiger partial charge in [-0.25, -0.2) is 0 Å². The van der Waals surface area contributed by atoms with Crippen LogP contribution in [0.5, 0.6) is 0 Å². The molecule has 0 radical (unpaired) electrons. The number of halogens is 1. The van der Waals surface area contributed by atoms with E-state index >= 15 is 0 Å². The normalized spacial score (nSPS) is 23.1. The Hall–Kier alpha value is -0.730. The first-order chi connectivity index (χ1) is 9.28. The Morgan fingerprint density at radius 1 is 1.32 bits per heavy atom. The predicted molar refractivity (Wildman–Crippen MR) is 82.0 cm³/mol. The summed E-state index contributed by atoms with van der Waals surface area (Å²) in [6.07, 6.45) is 6.52. The Bertz CT molecular complexity index is 442. The molecule has 2 aliphatic rings. The van der Waals surface area contributed by atoms with E-state index < -0.39 is 0 Å². The second-order valence-corrected chi connectivity index (χ2v) is 6.26. The minimum Gasteiger partial charge on any atom is -0.368 e. The Morgan fingerprint density at radius 2 is 2.16 bits per heavy atom. The van der Waals surface area contributed by atoms with Gasteiger partial charge < -0.3 is 10.2 Å². The van der Waals surface area contributed by atoms with Gasteiger partial charge in [0.25, 0.3) is 0 Å². The molecular weight excluding hydrogens is 256 g/mol. The van der Waals surface area contributed by atoms with Gasteiger partial charge in [-0.15, -0.1) is 0 Å². The van der Waals surface area contributed by atoms with Crippen molar-refractivity contribution in [3.05, 3.63) is 28.8 Å². The van der Waals surface area contributed by atoms with E-state index in [9.17, 15) is 0 Å². The van der Waals surface area contributed by atoms with Crippen LogP contribution in [0.3, 0.4) is 0 Å². The van der Waals surface area contributed by atoms with E-state index in [4.69, 9.17) is 11.6 Å². The molecule has 1 heterocycles. The summed E-state index contributed by atoms with van der Waals surface area (Å²) in [5.41, 5.74) is 2.75. The van der Waals surface area contributed by atoms with Crippen LogP contribution in [-0.2, 0) is 6.54 Å². The summed E-state index contributed by atoms with van der Waals surface area (Å²) < 4.78 is 0. The van der Waals surface area contributed by atoms with Gasteiger partial charge in [-0.1, -0.05) is 24.6 Å². The highest BCUT2D eigenvalue weighted by molar-refractivity contribution is 6.30. The molecule has 1 aromatic rings. The van der Waals surface area contributed by atoms with Gasteiger partial charge in [0, 0.05) is 35.9 Å². The number of nitrogens with zero attached hydrogens (tertiary/aromatic N) is 1. The van der Waals surface area contributed by atoms with Crippen molar-refractivity contribution < 1.29 is 0 Å². The maximum atomic E-state index is 6.21. The van der Waals surface area contributed by atoms with E-state index in [1.807, 2.05) is 6.07 Å². The average molecular weight is 279 g/mol. The molecule has 0 amide bonds. The molecule has 1 atom stereocenters. The molecule has 1 aliphatic heterocycles. The number of benzene rings is 1. The third-order valence-corrected chi connectivity index (χ3v) is 4.60. The minimum absolute atomic E-state index is 0.693. The molecule has 0 aromatic heterocycles. The molecular formula is C16H23ClN2. The summed E-state index contributed by atoms with van der Waals surface area (Å²) in [5, 5.41) is 4.47. The van der Waals surface area contributed by atoms with Crippen LogP contribution in [0.25, 0.3) is 0 Å². The van der Waals surface area contributed by atoms with Crippen molar-refractivity contribution in [3.63, 3.8) is 0 Å². The van der Waals surface area contributed by atoms with Gasteiger partial charge in [-0.3, -0.25) is 0 Å². The smallest absolute Gasteiger partial charge is 0.0429 e. The van der Waals surface area contributed by atoms with Gasteiger partial charge in [0.2, 0.25) is 0 Å². The summed E-state index contributed by atoms with van der Waals surface area (Å²) in [6.45, 7) is 4.44. The second-order valence-electron chi connectivity index (χ2n) is 5.83. The summed E-state index contributed by atoms with van der Waals surface area (Å²) in [4.78, 5) is 2.57. The van der Waals surface area contributed by atoms with Crippen molar-refractivity contribution in [1.29, 1.82) is 0 Å². The van der Waals surface area contributed by atoms with Gasteiger partial charge >= 0.3 is 0 Å². The van der Waals surface area contributed by atoms with Crippen LogP contribution in [0.4, 0.5) is 5.69 Å². The highest BCUT2D eigenvalue weighted by Gasteiger charge is 2.26. The van der Waals surface area contributed by atoms with Crippen molar-refractivity contribution in [2.45, 2.75) is 57.7 Å². The molecule has 1 unspecified atom stereocenters. The van der Waals surface area contributed by atoms with Crippen LogP contribution >= 0.6 is 11.6 Å². The van der Waals surface area contributed by atoms with Gasteiger partial charge in [0.1, 0.15) is 0 Å². The molecule has 2 nitrogen and oxygen atoms in total. The Morgan fingerprint density at radius 3 is 2.89 bits per heavy atom. The minimum atomic E-state index is 0.693. The fourth-order valence-corrected chi connectivity index (χ4v) is 3.24. The molecule has 104 valence electrons. The summed E-state index contributed by atoms with van der Waals surface area (Å²) >= 11 is 6.21. The Labute approximate surface area is 121 Å². The number of nitrogens with one attached hydrogen (secondary N) is 1. The van der Waals surface area contributed by atoms with E-state index in [2.05, 4.69) is 29.3 Å². The lowest BCUT2D eigenvalue weighted by atomic mass is 10.1. The van der Waals surface area contributed by atoms with Gasteiger partial charge in [-0.05, 0) is 49.8 Å². The topological polar surface area (TPSA) is 15.3 Å². The van der Waals surface area contributed by atoms with E-state index in [0.29, 0.717) is 6.04 Å². The van der Waals surface area contributed by atoms with Crippen LogP contribution < -0.4 is 10.2 Å². The molecule has 0 bridgehead atoms. The van der Waals surface area contributed by atoms with E-state index in [1.54, 1.807) is 0 Å². The zero-order chi connectivity index (χ0) is 13.2. The summed E-state index contributed by atoms with van der Waals surface area (Å²) in [7, 11) is 0. The molecule has 1 saturated carbocycles. The van der Waals surface area contributed by atoms with Crippen LogP contribution in [0, 0.1) is 0 Å².